The van der Waals surface area contributed by atoms with Crippen LogP contribution in [0.2, 0.25) is 5.02 Å². The first-order valence-electron chi connectivity index (χ1n) is 3.50. The average molecular weight is 180 g/mol. The fourth-order valence-electron chi connectivity index (χ4n) is 1.10. The van der Waals surface area contributed by atoms with Gasteiger partial charge >= 0.3 is 0 Å². The highest BCUT2D eigenvalue weighted by atomic mass is 35.5. The molecule has 12 heavy (non-hydrogen) atoms. The summed E-state index contributed by atoms with van der Waals surface area (Å²) in [6.07, 6.45) is 1.64. The number of phenolic OH excluding ortho intramolecular Hbond substituents is 1. The second kappa shape index (κ2) is 2.64. The molecule has 2 aromatic rings. The van der Waals surface area contributed by atoms with Crippen LogP contribution in [0.5, 0.6) is 5.75 Å². The zero-order valence-corrected chi connectivity index (χ0v) is 6.92. The Balaban J connectivity index is 2.88. The molecule has 60 valence electrons. The van der Waals surface area contributed by atoms with Crippen LogP contribution in [0.15, 0.2) is 30.5 Å². The number of nitrogens with zero attached hydrogens (tertiary/aromatic N) is 1. The molecule has 0 aliphatic rings. The van der Waals surface area contributed by atoms with Crippen molar-refractivity contribution >= 4 is 22.5 Å². The minimum atomic E-state index is 0.206. The van der Waals surface area contributed by atoms with Crippen LogP contribution >= 0.6 is 11.6 Å². The van der Waals surface area contributed by atoms with E-state index in [1.165, 1.54) is 0 Å². The van der Waals surface area contributed by atoms with Crippen LogP contribution in [0.25, 0.3) is 10.9 Å². The zero-order valence-electron chi connectivity index (χ0n) is 6.16. The Hall–Kier alpha value is -1.28. The minimum absolute atomic E-state index is 0.206. The van der Waals surface area contributed by atoms with E-state index in [1.807, 2.05) is 0 Å². The minimum Gasteiger partial charge on any atom is -0.508 e. The highest BCUT2D eigenvalue weighted by Gasteiger charge is 1.99. The summed E-state index contributed by atoms with van der Waals surface area (Å²) >= 11 is 5.88. The van der Waals surface area contributed by atoms with Crippen LogP contribution in [0, 0.1) is 0 Å². The zero-order chi connectivity index (χ0) is 8.55. The smallest absolute Gasteiger partial charge is 0.116 e. The summed E-state index contributed by atoms with van der Waals surface area (Å²) < 4.78 is 0. The molecular formula is C9H6ClNO. The maximum absolute atomic E-state index is 9.17. The number of aromatic hydroxyl groups is 1. The molecule has 0 fully saturated rings. The van der Waals surface area contributed by atoms with Crippen LogP contribution in [0.4, 0.5) is 0 Å². The van der Waals surface area contributed by atoms with Crippen molar-refractivity contribution in [2.24, 2.45) is 0 Å². The maximum atomic E-state index is 9.17. The molecule has 3 heteroatoms. The van der Waals surface area contributed by atoms with E-state index >= 15 is 0 Å². The number of hydrogen-bond acceptors (Lipinski definition) is 2. The molecule has 2 rings (SSSR count). The quantitative estimate of drug-likeness (QED) is 0.675. The van der Waals surface area contributed by atoms with Gasteiger partial charge in [-0.05, 0) is 24.3 Å². The molecule has 0 radical (unpaired) electrons. The predicted octanol–water partition coefficient (Wildman–Crippen LogP) is 2.59. The Labute approximate surface area is 74.4 Å². The normalized spacial score (nSPS) is 10.4. The monoisotopic (exact) mass is 179 g/mol. The third-order valence-corrected chi connectivity index (χ3v) is 2.00. The molecule has 0 bridgehead atoms. The number of fused-ring (bicyclic) bond motifs is 1. The highest BCUT2D eigenvalue weighted by molar-refractivity contribution is 6.35. The number of benzene rings is 1. The van der Waals surface area contributed by atoms with E-state index in [2.05, 4.69) is 4.98 Å². The van der Waals surface area contributed by atoms with Crippen molar-refractivity contribution in [3.8, 4) is 5.75 Å². The number of halogens is 1. The summed E-state index contributed by atoms with van der Waals surface area (Å²) in [5.41, 5.74) is 0.792. The van der Waals surface area contributed by atoms with Crippen molar-refractivity contribution in [1.29, 1.82) is 0 Å². The Morgan fingerprint density at radius 3 is 2.92 bits per heavy atom. The lowest BCUT2D eigenvalue weighted by Crippen LogP contribution is -1.77. The van der Waals surface area contributed by atoms with Gasteiger partial charge in [-0.1, -0.05) is 11.6 Å². The van der Waals surface area contributed by atoms with Crippen molar-refractivity contribution in [2.45, 2.75) is 0 Å². The standard InChI is InChI=1S/C9H6ClNO/c10-8-3-4-11-9-2-1-6(12)5-7(8)9/h1-5,12H. The molecule has 1 aromatic carbocycles. The maximum Gasteiger partial charge on any atom is 0.116 e. The predicted molar refractivity (Wildman–Crippen MR) is 48.4 cm³/mol. The molecule has 0 atom stereocenters. The second-order valence-corrected chi connectivity index (χ2v) is 2.90. The fraction of sp³-hybridized carbons (Fsp3) is 0. The van der Waals surface area contributed by atoms with Gasteiger partial charge in [-0.25, -0.2) is 0 Å². The van der Waals surface area contributed by atoms with Crippen LogP contribution in [-0.2, 0) is 0 Å². The highest BCUT2D eigenvalue weighted by Crippen LogP contribution is 2.24. The summed E-state index contributed by atoms with van der Waals surface area (Å²) in [4.78, 5) is 4.09. The number of aromatic nitrogens is 1. The summed E-state index contributed by atoms with van der Waals surface area (Å²) in [7, 11) is 0. The molecule has 1 N–H and O–H groups in total. The van der Waals surface area contributed by atoms with E-state index in [4.69, 9.17) is 16.7 Å². The van der Waals surface area contributed by atoms with E-state index in [1.54, 1.807) is 30.5 Å². The van der Waals surface area contributed by atoms with Crippen molar-refractivity contribution in [3.05, 3.63) is 35.5 Å². The number of rotatable bonds is 0. The molecule has 1 heterocycles. The first-order chi connectivity index (χ1) is 5.77. The van der Waals surface area contributed by atoms with E-state index in [9.17, 15) is 0 Å². The molecule has 0 unspecified atom stereocenters. The lowest BCUT2D eigenvalue weighted by molar-refractivity contribution is 0.476. The van der Waals surface area contributed by atoms with Gasteiger partial charge in [-0.3, -0.25) is 4.98 Å². The first kappa shape index (κ1) is 7.37. The van der Waals surface area contributed by atoms with Crippen molar-refractivity contribution in [2.75, 3.05) is 0 Å². The fourth-order valence-corrected chi connectivity index (χ4v) is 1.31. The number of pyridine rings is 1. The Morgan fingerprint density at radius 2 is 2.08 bits per heavy atom. The second-order valence-electron chi connectivity index (χ2n) is 2.49. The van der Waals surface area contributed by atoms with Crippen LogP contribution in [-0.4, -0.2) is 10.1 Å². The molecule has 0 saturated carbocycles. The summed E-state index contributed by atoms with van der Waals surface area (Å²) in [5, 5.41) is 10.6. The largest absolute Gasteiger partial charge is 0.508 e. The third kappa shape index (κ3) is 1.10. The van der Waals surface area contributed by atoms with Crippen molar-refractivity contribution < 1.29 is 5.11 Å². The summed E-state index contributed by atoms with van der Waals surface area (Å²) in [6, 6.07) is 6.62. The molecule has 0 saturated heterocycles. The molecule has 0 aliphatic carbocycles. The SMILES string of the molecule is Oc1ccc2nccc(Cl)c2c1. The van der Waals surface area contributed by atoms with Crippen molar-refractivity contribution in [3.63, 3.8) is 0 Å². The van der Waals surface area contributed by atoms with Gasteiger partial charge in [0.2, 0.25) is 0 Å². The molecular weight excluding hydrogens is 174 g/mol. The van der Waals surface area contributed by atoms with Gasteiger partial charge in [0.1, 0.15) is 5.75 Å². The van der Waals surface area contributed by atoms with Gasteiger partial charge in [0.05, 0.1) is 10.5 Å². The van der Waals surface area contributed by atoms with Gasteiger partial charge in [0, 0.05) is 11.6 Å². The topological polar surface area (TPSA) is 33.1 Å². The number of hydrogen-bond donors (Lipinski definition) is 1. The lowest BCUT2D eigenvalue weighted by atomic mass is 10.2. The number of phenols is 1. The average Bonchev–Trinajstić information content (AvgIpc) is 2.07. The van der Waals surface area contributed by atoms with Crippen LogP contribution < -0.4 is 0 Å². The van der Waals surface area contributed by atoms with E-state index in [-0.39, 0.29) is 5.75 Å². The van der Waals surface area contributed by atoms with Gasteiger partial charge in [0.25, 0.3) is 0 Å². The Bertz CT molecular complexity index is 428. The summed E-state index contributed by atoms with van der Waals surface area (Å²) in [5.74, 6) is 0.206. The van der Waals surface area contributed by atoms with E-state index < -0.39 is 0 Å². The molecule has 2 nitrogen and oxygen atoms in total. The van der Waals surface area contributed by atoms with Gasteiger partial charge < -0.3 is 5.11 Å². The van der Waals surface area contributed by atoms with Crippen LogP contribution in [0.3, 0.4) is 0 Å². The van der Waals surface area contributed by atoms with Crippen LogP contribution in [0.1, 0.15) is 0 Å². The molecule has 1 aromatic heterocycles. The third-order valence-electron chi connectivity index (χ3n) is 1.67. The van der Waals surface area contributed by atoms with Crippen molar-refractivity contribution in [1.82, 2.24) is 4.98 Å². The molecule has 0 amide bonds. The lowest BCUT2D eigenvalue weighted by Gasteiger charge is -1.98. The Kier molecular flexibility index (Phi) is 1.62. The Morgan fingerprint density at radius 1 is 1.25 bits per heavy atom. The summed E-state index contributed by atoms with van der Waals surface area (Å²) in [6.45, 7) is 0. The van der Waals surface area contributed by atoms with E-state index in [0.29, 0.717) is 5.02 Å². The first-order valence-corrected chi connectivity index (χ1v) is 3.88. The molecule has 0 spiro atoms. The van der Waals surface area contributed by atoms with E-state index in [0.717, 1.165) is 10.9 Å². The van der Waals surface area contributed by atoms with Gasteiger partial charge in [-0.2, -0.15) is 0 Å². The molecule has 0 aliphatic heterocycles. The van der Waals surface area contributed by atoms with Gasteiger partial charge in [-0.15, -0.1) is 0 Å². The van der Waals surface area contributed by atoms with Gasteiger partial charge in [0.15, 0.2) is 0 Å².